The topological polar surface area (TPSA) is 61.4 Å². The molecule has 3 atom stereocenters. The summed E-state index contributed by atoms with van der Waals surface area (Å²) in [7, 11) is 1.74. The van der Waals surface area contributed by atoms with Crippen LogP contribution in [0.5, 0.6) is 0 Å². The maximum atomic E-state index is 12.9. The highest BCUT2D eigenvalue weighted by Gasteiger charge is 2.57. The summed E-state index contributed by atoms with van der Waals surface area (Å²) in [6.07, 6.45) is 8.56. The van der Waals surface area contributed by atoms with Gasteiger partial charge in [0.15, 0.2) is 0 Å². The lowest BCUT2D eigenvalue weighted by atomic mass is 9.80. The molecular weight excluding hydrogens is 362 g/mol. The molecule has 1 heterocycles. The van der Waals surface area contributed by atoms with Crippen LogP contribution in [0.4, 0.5) is 0 Å². The van der Waals surface area contributed by atoms with Crippen LogP contribution in [0.3, 0.4) is 0 Å². The van der Waals surface area contributed by atoms with E-state index in [-0.39, 0.29) is 23.3 Å². The van der Waals surface area contributed by atoms with Crippen molar-refractivity contribution in [2.24, 2.45) is 17.3 Å². The lowest BCUT2D eigenvalue weighted by molar-refractivity contribution is -0.131. The van der Waals surface area contributed by atoms with E-state index in [1.807, 2.05) is 6.07 Å². The summed E-state index contributed by atoms with van der Waals surface area (Å²) in [5.41, 5.74) is 0.920. The van der Waals surface area contributed by atoms with Gasteiger partial charge in [-0.2, -0.15) is 0 Å². The van der Waals surface area contributed by atoms with Crippen LogP contribution in [0.1, 0.15) is 56.9 Å². The minimum atomic E-state index is -0.369. The third kappa shape index (κ3) is 4.50. The summed E-state index contributed by atoms with van der Waals surface area (Å²) in [5, 5.41) is 6.20. The van der Waals surface area contributed by atoms with Crippen LogP contribution in [0.15, 0.2) is 30.3 Å². The van der Waals surface area contributed by atoms with Gasteiger partial charge in [-0.05, 0) is 43.1 Å². The zero-order chi connectivity index (χ0) is 20.3. The van der Waals surface area contributed by atoms with Crippen molar-refractivity contribution < 1.29 is 9.59 Å². The van der Waals surface area contributed by atoms with Crippen molar-refractivity contribution in [3.63, 3.8) is 0 Å². The van der Waals surface area contributed by atoms with Crippen LogP contribution in [-0.2, 0) is 16.1 Å². The summed E-state index contributed by atoms with van der Waals surface area (Å²) >= 11 is 0. The fourth-order valence-electron chi connectivity index (χ4n) is 6.09. The SMILES string of the molecule is CNC(=O)[C@]12C[C@@H](NC(=O)CC3CCCCC3)C[C@H]1CN(Cc1ccccc1)C2. The molecule has 29 heavy (non-hydrogen) atoms. The number of nitrogens with one attached hydrogen (secondary N) is 2. The predicted octanol–water partition coefficient (Wildman–Crippen LogP) is 3.10. The Morgan fingerprint density at radius 2 is 1.90 bits per heavy atom. The molecule has 158 valence electrons. The van der Waals surface area contributed by atoms with Crippen LogP contribution in [0.25, 0.3) is 0 Å². The first-order valence-corrected chi connectivity index (χ1v) is 11.4. The molecule has 2 saturated carbocycles. The molecule has 5 heteroatoms. The van der Waals surface area contributed by atoms with E-state index in [9.17, 15) is 9.59 Å². The number of rotatable bonds is 6. The van der Waals surface area contributed by atoms with Crippen molar-refractivity contribution >= 4 is 11.8 Å². The molecule has 0 radical (unpaired) electrons. The molecule has 4 rings (SSSR count). The van der Waals surface area contributed by atoms with Gasteiger partial charge < -0.3 is 10.6 Å². The zero-order valence-corrected chi connectivity index (χ0v) is 17.7. The predicted molar refractivity (Wildman–Crippen MR) is 114 cm³/mol. The van der Waals surface area contributed by atoms with E-state index in [2.05, 4.69) is 39.8 Å². The second kappa shape index (κ2) is 8.86. The van der Waals surface area contributed by atoms with E-state index in [1.54, 1.807) is 7.05 Å². The fourth-order valence-corrected chi connectivity index (χ4v) is 6.09. The highest BCUT2D eigenvalue weighted by atomic mass is 16.2. The van der Waals surface area contributed by atoms with E-state index in [4.69, 9.17) is 0 Å². The van der Waals surface area contributed by atoms with E-state index >= 15 is 0 Å². The Labute approximate surface area is 174 Å². The third-order valence-electron chi connectivity index (χ3n) is 7.44. The molecule has 2 aliphatic carbocycles. The smallest absolute Gasteiger partial charge is 0.227 e. The summed E-state index contributed by atoms with van der Waals surface area (Å²) < 4.78 is 0. The second-order valence-electron chi connectivity index (χ2n) is 9.50. The first kappa shape index (κ1) is 20.4. The molecule has 3 fully saturated rings. The Balaban J connectivity index is 1.36. The van der Waals surface area contributed by atoms with Gasteiger partial charge in [0, 0.05) is 39.1 Å². The Kier molecular flexibility index (Phi) is 6.23. The first-order valence-electron chi connectivity index (χ1n) is 11.4. The molecule has 0 bridgehead atoms. The number of carbonyl (C=O) groups excluding carboxylic acids is 2. The fraction of sp³-hybridized carbons (Fsp3) is 0.667. The van der Waals surface area contributed by atoms with Crippen molar-refractivity contribution in [3.05, 3.63) is 35.9 Å². The van der Waals surface area contributed by atoms with Crippen molar-refractivity contribution in [3.8, 4) is 0 Å². The molecule has 1 aliphatic heterocycles. The molecule has 2 N–H and O–H groups in total. The average Bonchev–Trinajstić information content (AvgIpc) is 3.22. The average molecular weight is 398 g/mol. The monoisotopic (exact) mass is 397 g/mol. The lowest BCUT2D eigenvalue weighted by Crippen LogP contribution is -2.44. The maximum absolute atomic E-state index is 12.9. The van der Waals surface area contributed by atoms with E-state index in [1.165, 1.54) is 37.7 Å². The van der Waals surface area contributed by atoms with Crippen LogP contribution in [0, 0.1) is 17.3 Å². The zero-order valence-electron chi connectivity index (χ0n) is 17.7. The summed E-state index contributed by atoms with van der Waals surface area (Å²) in [6.45, 7) is 2.59. The largest absolute Gasteiger partial charge is 0.359 e. The van der Waals surface area contributed by atoms with Gasteiger partial charge in [-0.25, -0.2) is 0 Å². The quantitative estimate of drug-likeness (QED) is 0.775. The van der Waals surface area contributed by atoms with Crippen LogP contribution >= 0.6 is 0 Å². The number of hydrogen-bond donors (Lipinski definition) is 2. The number of benzene rings is 1. The molecule has 0 spiro atoms. The van der Waals surface area contributed by atoms with Crippen LogP contribution in [0.2, 0.25) is 0 Å². The van der Waals surface area contributed by atoms with Crippen LogP contribution < -0.4 is 10.6 Å². The minimum Gasteiger partial charge on any atom is -0.359 e. The second-order valence-corrected chi connectivity index (χ2v) is 9.50. The van der Waals surface area contributed by atoms with Gasteiger partial charge in [0.1, 0.15) is 0 Å². The molecule has 1 aromatic rings. The van der Waals surface area contributed by atoms with Crippen molar-refractivity contribution in [2.45, 2.75) is 64.0 Å². The van der Waals surface area contributed by atoms with Crippen molar-refractivity contribution in [1.29, 1.82) is 0 Å². The summed E-state index contributed by atoms with van der Waals surface area (Å²) in [6, 6.07) is 10.6. The molecule has 1 saturated heterocycles. The molecule has 3 aliphatic rings. The number of hydrogen-bond acceptors (Lipinski definition) is 3. The molecular formula is C24H35N3O2. The minimum absolute atomic E-state index is 0.132. The number of amides is 2. The van der Waals surface area contributed by atoms with E-state index in [0.717, 1.165) is 32.5 Å². The van der Waals surface area contributed by atoms with Crippen molar-refractivity contribution in [2.75, 3.05) is 20.1 Å². The molecule has 1 aromatic carbocycles. The van der Waals surface area contributed by atoms with E-state index in [0.29, 0.717) is 18.3 Å². The Morgan fingerprint density at radius 1 is 1.14 bits per heavy atom. The standard InChI is InChI=1S/C24H35N3O2/c1-25-23(29)24-14-21(26-22(28)12-18-8-4-2-5-9-18)13-20(24)16-27(17-24)15-19-10-6-3-7-11-19/h3,6-7,10-11,18,20-21H,2,4-5,8-9,12-17H2,1H3,(H,25,29)(H,26,28)/t20-,21-,24-/m0/s1. The molecule has 0 aromatic heterocycles. The van der Waals surface area contributed by atoms with Crippen LogP contribution in [-0.4, -0.2) is 42.9 Å². The Bertz CT molecular complexity index is 716. The molecule has 5 nitrogen and oxygen atoms in total. The number of fused-ring (bicyclic) bond motifs is 1. The van der Waals surface area contributed by atoms with Gasteiger partial charge in [-0.1, -0.05) is 49.6 Å². The Morgan fingerprint density at radius 3 is 2.62 bits per heavy atom. The normalized spacial score (nSPS) is 30.1. The Hall–Kier alpha value is -1.88. The van der Waals surface area contributed by atoms with Gasteiger partial charge in [0.2, 0.25) is 11.8 Å². The highest BCUT2D eigenvalue weighted by molar-refractivity contribution is 5.84. The third-order valence-corrected chi connectivity index (χ3v) is 7.44. The maximum Gasteiger partial charge on any atom is 0.227 e. The van der Waals surface area contributed by atoms with Gasteiger partial charge in [0.05, 0.1) is 5.41 Å². The molecule has 0 unspecified atom stereocenters. The highest BCUT2D eigenvalue weighted by Crippen LogP contribution is 2.49. The number of nitrogens with zero attached hydrogens (tertiary/aromatic N) is 1. The van der Waals surface area contributed by atoms with Crippen molar-refractivity contribution in [1.82, 2.24) is 15.5 Å². The molecule has 2 amide bonds. The van der Waals surface area contributed by atoms with Gasteiger partial charge in [-0.3, -0.25) is 14.5 Å². The van der Waals surface area contributed by atoms with Gasteiger partial charge >= 0.3 is 0 Å². The van der Waals surface area contributed by atoms with Gasteiger partial charge in [-0.15, -0.1) is 0 Å². The first-order chi connectivity index (χ1) is 14.1. The summed E-state index contributed by atoms with van der Waals surface area (Å²) in [5.74, 6) is 1.20. The summed E-state index contributed by atoms with van der Waals surface area (Å²) in [4.78, 5) is 27.9. The van der Waals surface area contributed by atoms with E-state index < -0.39 is 0 Å². The number of carbonyl (C=O) groups is 2. The number of likely N-dealkylation sites (tertiary alicyclic amines) is 1. The van der Waals surface area contributed by atoms with Gasteiger partial charge in [0.25, 0.3) is 0 Å². The lowest BCUT2D eigenvalue weighted by Gasteiger charge is -2.28.